The minimum atomic E-state index is -5.04. The van der Waals surface area contributed by atoms with Crippen LogP contribution >= 0.6 is 0 Å². The van der Waals surface area contributed by atoms with Crippen molar-refractivity contribution < 1.29 is 40.7 Å². The lowest BCUT2D eigenvalue weighted by Crippen LogP contribution is -2.46. The molecule has 12 heteroatoms. The summed E-state index contributed by atoms with van der Waals surface area (Å²) in [6, 6.07) is -0.996. The van der Waals surface area contributed by atoms with Crippen molar-refractivity contribution in [2.45, 2.75) is 18.4 Å². The number of nitrogens with two attached hydrogens (primary N) is 1. The summed E-state index contributed by atoms with van der Waals surface area (Å²) in [6.07, 6.45) is -9.00. The molecule has 0 aromatic rings. The standard InChI is InChI=1S/C15H19F6N3O3/c1-9(14(16,17)18)6-10(15(19,20)21)4-3-5-23-12(25)7-24-13(26)11(22)8-27-2/h3-4,6,11H,1,5,7-8,22H2,2H3,(H,23,25)(H,24,26)/b4-3+,10-6+/t11-/m1/s1. The fourth-order valence-corrected chi connectivity index (χ4v) is 1.47. The zero-order valence-corrected chi connectivity index (χ0v) is 14.2. The third-order valence-electron chi connectivity index (χ3n) is 2.84. The number of halogens is 6. The van der Waals surface area contributed by atoms with Gasteiger partial charge in [0.1, 0.15) is 6.04 Å². The van der Waals surface area contributed by atoms with Gasteiger partial charge in [-0.2, -0.15) is 26.3 Å². The highest BCUT2D eigenvalue weighted by Gasteiger charge is 2.36. The number of hydrogen-bond donors (Lipinski definition) is 3. The average molecular weight is 403 g/mol. The molecule has 27 heavy (non-hydrogen) atoms. The van der Waals surface area contributed by atoms with E-state index in [1.807, 2.05) is 0 Å². The first kappa shape index (κ1) is 24.7. The first-order valence-electron chi connectivity index (χ1n) is 7.29. The van der Waals surface area contributed by atoms with Crippen LogP contribution in [0.25, 0.3) is 0 Å². The quantitative estimate of drug-likeness (QED) is 0.400. The van der Waals surface area contributed by atoms with Gasteiger partial charge in [0.25, 0.3) is 0 Å². The number of alkyl halides is 6. The molecule has 0 rings (SSSR count). The molecule has 0 heterocycles. The summed E-state index contributed by atoms with van der Waals surface area (Å²) in [5.41, 5.74) is 2.15. The highest BCUT2D eigenvalue weighted by atomic mass is 19.4. The predicted molar refractivity (Wildman–Crippen MR) is 84.3 cm³/mol. The Morgan fingerprint density at radius 1 is 1.15 bits per heavy atom. The van der Waals surface area contributed by atoms with E-state index in [0.717, 1.165) is 6.08 Å². The summed E-state index contributed by atoms with van der Waals surface area (Å²) in [5.74, 6) is -1.41. The zero-order chi connectivity index (χ0) is 21.3. The largest absolute Gasteiger partial charge is 0.416 e. The number of rotatable bonds is 9. The number of carbonyl (C=O) groups is 2. The molecular weight excluding hydrogens is 384 g/mol. The van der Waals surface area contributed by atoms with Crippen LogP contribution in [0.2, 0.25) is 0 Å². The molecule has 0 fully saturated rings. The molecule has 0 radical (unpaired) electrons. The fraction of sp³-hybridized carbons (Fsp3) is 0.467. The number of hydrogen-bond acceptors (Lipinski definition) is 4. The highest BCUT2D eigenvalue weighted by Crippen LogP contribution is 2.32. The van der Waals surface area contributed by atoms with Crippen LogP contribution < -0.4 is 16.4 Å². The van der Waals surface area contributed by atoms with Crippen molar-refractivity contribution in [2.75, 3.05) is 26.8 Å². The van der Waals surface area contributed by atoms with Crippen LogP contribution in [-0.2, 0) is 14.3 Å². The van der Waals surface area contributed by atoms with Crippen LogP contribution in [0.15, 0.2) is 36.0 Å². The van der Waals surface area contributed by atoms with E-state index in [-0.39, 0.29) is 12.7 Å². The maximum Gasteiger partial charge on any atom is 0.416 e. The van der Waals surface area contributed by atoms with Crippen molar-refractivity contribution in [3.05, 3.63) is 36.0 Å². The van der Waals surface area contributed by atoms with Gasteiger partial charge in [-0.1, -0.05) is 18.7 Å². The van der Waals surface area contributed by atoms with E-state index < -0.39 is 54.4 Å². The number of nitrogens with one attached hydrogen (secondary N) is 2. The van der Waals surface area contributed by atoms with E-state index in [0.29, 0.717) is 6.08 Å². The summed E-state index contributed by atoms with van der Waals surface area (Å²) in [4.78, 5) is 22.9. The van der Waals surface area contributed by atoms with E-state index in [1.165, 1.54) is 7.11 Å². The van der Waals surface area contributed by atoms with Crippen molar-refractivity contribution in [1.29, 1.82) is 0 Å². The summed E-state index contributed by atoms with van der Waals surface area (Å²) >= 11 is 0. The molecule has 1 atom stereocenters. The van der Waals surface area contributed by atoms with Gasteiger partial charge in [0.2, 0.25) is 11.8 Å². The molecule has 6 nitrogen and oxygen atoms in total. The lowest BCUT2D eigenvalue weighted by atomic mass is 10.1. The molecule has 0 spiro atoms. The minimum absolute atomic E-state index is 0.0774. The Morgan fingerprint density at radius 2 is 1.74 bits per heavy atom. The zero-order valence-electron chi connectivity index (χ0n) is 14.2. The molecule has 0 aromatic heterocycles. The third-order valence-corrected chi connectivity index (χ3v) is 2.84. The van der Waals surface area contributed by atoms with Gasteiger partial charge in [0, 0.05) is 19.2 Å². The summed E-state index contributed by atoms with van der Waals surface area (Å²) < 4.78 is 79.7. The van der Waals surface area contributed by atoms with E-state index in [1.54, 1.807) is 0 Å². The van der Waals surface area contributed by atoms with E-state index >= 15 is 0 Å². The van der Waals surface area contributed by atoms with Crippen LogP contribution in [0.1, 0.15) is 0 Å². The van der Waals surface area contributed by atoms with Crippen LogP contribution in [0, 0.1) is 0 Å². The predicted octanol–water partition coefficient (Wildman–Crippen LogP) is 1.36. The van der Waals surface area contributed by atoms with Crippen molar-refractivity contribution in [3.8, 4) is 0 Å². The molecule has 0 aliphatic rings. The Hall–Kier alpha value is -2.34. The normalized spacial score (nSPS) is 14.1. The van der Waals surface area contributed by atoms with Crippen molar-refractivity contribution >= 4 is 11.8 Å². The summed E-state index contributed by atoms with van der Waals surface area (Å²) in [7, 11) is 1.32. The first-order valence-corrected chi connectivity index (χ1v) is 7.29. The second-order valence-electron chi connectivity index (χ2n) is 5.11. The maximum absolute atomic E-state index is 12.7. The van der Waals surface area contributed by atoms with Gasteiger partial charge >= 0.3 is 12.4 Å². The molecule has 0 bridgehead atoms. The van der Waals surface area contributed by atoms with Gasteiger partial charge in [0.05, 0.1) is 18.7 Å². The second kappa shape index (κ2) is 10.7. The molecular formula is C15H19F6N3O3. The lowest BCUT2D eigenvalue weighted by Gasteiger charge is -2.11. The molecule has 154 valence electrons. The van der Waals surface area contributed by atoms with Crippen LogP contribution in [0.3, 0.4) is 0 Å². The topological polar surface area (TPSA) is 93.5 Å². The van der Waals surface area contributed by atoms with Gasteiger partial charge < -0.3 is 21.1 Å². The Labute approximate surface area is 151 Å². The summed E-state index contributed by atoms with van der Waals surface area (Å²) in [5, 5.41) is 4.32. The van der Waals surface area contributed by atoms with Gasteiger partial charge in [-0.25, -0.2) is 0 Å². The second-order valence-corrected chi connectivity index (χ2v) is 5.11. The van der Waals surface area contributed by atoms with Crippen molar-refractivity contribution in [1.82, 2.24) is 10.6 Å². The number of allylic oxidation sites excluding steroid dienone is 4. The molecule has 4 N–H and O–H groups in total. The van der Waals surface area contributed by atoms with Gasteiger partial charge in [0.15, 0.2) is 0 Å². The fourth-order valence-electron chi connectivity index (χ4n) is 1.47. The van der Waals surface area contributed by atoms with Crippen LogP contribution in [0.4, 0.5) is 26.3 Å². The van der Waals surface area contributed by atoms with Crippen LogP contribution in [0.5, 0.6) is 0 Å². The number of methoxy groups -OCH3 is 1. The molecule has 0 saturated carbocycles. The molecule has 0 aromatic carbocycles. The Balaban J connectivity index is 4.64. The molecule has 0 saturated heterocycles. The first-order chi connectivity index (χ1) is 12.3. The summed E-state index contributed by atoms with van der Waals surface area (Å²) in [6.45, 7) is 1.56. The maximum atomic E-state index is 12.7. The monoisotopic (exact) mass is 403 g/mol. The molecule has 0 unspecified atom stereocenters. The molecule has 0 aliphatic heterocycles. The SMILES string of the molecule is C=C(/C=C(\C=C\CNC(=O)CNC(=O)[C@H](N)COC)C(F)(F)F)C(F)(F)F. The molecule has 0 aliphatic carbocycles. The smallest absolute Gasteiger partial charge is 0.383 e. The van der Waals surface area contributed by atoms with Crippen molar-refractivity contribution in [3.63, 3.8) is 0 Å². The Bertz CT molecular complexity index is 597. The number of amides is 2. The number of ether oxygens (including phenoxy) is 1. The third kappa shape index (κ3) is 10.4. The minimum Gasteiger partial charge on any atom is -0.383 e. The van der Waals surface area contributed by atoms with E-state index in [4.69, 9.17) is 5.73 Å². The van der Waals surface area contributed by atoms with Gasteiger partial charge in [-0.15, -0.1) is 0 Å². The van der Waals surface area contributed by atoms with Gasteiger partial charge in [-0.05, 0) is 6.08 Å². The van der Waals surface area contributed by atoms with Crippen molar-refractivity contribution in [2.24, 2.45) is 5.73 Å². The average Bonchev–Trinajstić information content (AvgIpc) is 2.53. The van der Waals surface area contributed by atoms with Crippen LogP contribution in [-0.4, -0.2) is 57.0 Å². The van der Waals surface area contributed by atoms with E-state index in [2.05, 4.69) is 21.9 Å². The Morgan fingerprint density at radius 3 is 2.22 bits per heavy atom. The highest BCUT2D eigenvalue weighted by molar-refractivity contribution is 5.87. The Kier molecular flexibility index (Phi) is 9.79. The molecule has 2 amide bonds. The van der Waals surface area contributed by atoms with E-state index in [9.17, 15) is 35.9 Å². The number of carbonyl (C=O) groups excluding carboxylic acids is 2. The van der Waals surface area contributed by atoms with Gasteiger partial charge in [-0.3, -0.25) is 9.59 Å². The lowest BCUT2D eigenvalue weighted by molar-refractivity contribution is -0.127.